The van der Waals surface area contributed by atoms with Gasteiger partial charge in [0, 0.05) is 0 Å². The maximum Gasteiger partial charge on any atom is 0.373 e. The number of rotatable bonds is 6. The van der Waals surface area contributed by atoms with Crippen molar-refractivity contribution in [2.45, 2.75) is 27.3 Å². The first-order valence-electron chi connectivity index (χ1n) is 6.23. The maximum atomic E-state index is 10.4. The van der Waals surface area contributed by atoms with E-state index in [-0.39, 0.29) is 5.95 Å². The third-order valence-electron chi connectivity index (χ3n) is 2.51. The predicted molar refractivity (Wildman–Crippen MR) is 72.5 cm³/mol. The van der Waals surface area contributed by atoms with Gasteiger partial charge in [0.1, 0.15) is 6.54 Å². The highest BCUT2D eigenvalue weighted by molar-refractivity contribution is 5.84. The van der Waals surface area contributed by atoms with E-state index in [4.69, 9.17) is 15.9 Å². The van der Waals surface area contributed by atoms with Crippen LogP contribution in [-0.2, 0) is 11.3 Å². The fraction of sp³-hybridized carbons (Fsp3) is 0.636. The summed E-state index contributed by atoms with van der Waals surface area (Å²) < 4.78 is 0.708. The standard InChI is InChI=1S/C6H15N.C5H6N4O4/c1-4-7(5-2)6-3;6-5-7-3(4(12)13)9(8-5)1-2(10)11/h4-6H2,1-3H3;1H2,(H2,6,8)(H,10,11)(H,12,13). The highest BCUT2D eigenvalue weighted by Gasteiger charge is 2.16. The van der Waals surface area contributed by atoms with Crippen molar-refractivity contribution < 1.29 is 19.8 Å². The third kappa shape index (κ3) is 6.14. The second kappa shape index (κ2) is 8.86. The number of hydrogen-bond donors (Lipinski definition) is 3. The van der Waals surface area contributed by atoms with E-state index < -0.39 is 24.3 Å². The van der Waals surface area contributed by atoms with Gasteiger partial charge in [0.15, 0.2) is 0 Å². The van der Waals surface area contributed by atoms with Crippen LogP contribution in [0.15, 0.2) is 0 Å². The number of aliphatic carboxylic acids is 1. The molecular weight excluding hydrogens is 266 g/mol. The van der Waals surface area contributed by atoms with Crippen LogP contribution < -0.4 is 5.73 Å². The first-order chi connectivity index (χ1) is 9.35. The molecule has 0 saturated heterocycles. The molecule has 0 aliphatic carbocycles. The zero-order valence-corrected chi connectivity index (χ0v) is 11.9. The molecule has 20 heavy (non-hydrogen) atoms. The van der Waals surface area contributed by atoms with Gasteiger partial charge in [0.2, 0.25) is 11.8 Å². The minimum absolute atomic E-state index is 0.265. The van der Waals surface area contributed by atoms with Crippen molar-refractivity contribution in [1.82, 2.24) is 19.7 Å². The molecule has 1 aromatic rings. The van der Waals surface area contributed by atoms with E-state index in [0.717, 1.165) is 0 Å². The molecular formula is C11H21N5O4. The summed E-state index contributed by atoms with van der Waals surface area (Å²) in [6.07, 6.45) is 0. The van der Waals surface area contributed by atoms with Gasteiger partial charge in [-0.3, -0.25) is 4.79 Å². The van der Waals surface area contributed by atoms with Crippen molar-refractivity contribution in [3.05, 3.63) is 5.82 Å². The topological polar surface area (TPSA) is 135 Å². The molecule has 1 aromatic heterocycles. The van der Waals surface area contributed by atoms with Crippen LogP contribution in [0.2, 0.25) is 0 Å². The molecule has 0 aromatic carbocycles. The smallest absolute Gasteiger partial charge is 0.373 e. The van der Waals surface area contributed by atoms with E-state index in [9.17, 15) is 9.59 Å². The van der Waals surface area contributed by atoms with E-state index in [1.54, 1.807) is 0 Å². The van der Waals surface area contributed by atoms with Gasteiger partial charge in [-0.15, -0.1) is 5.10 Å². The molecule has 1 rings (SSSR count). The Balaban J connectivity index is 0.000000441. The second-order valence-corrected chi connectivity index (χ2v) is 3.77. The lowest BCUT2D eigenvalue weighted by atomic mass is 10.5. The Kier molecular flexibility index (Phi) is 7.90. The van der Waals surface area contributed by atoms with Crippen molar-refractivity contribution in [2.75, 3.05) is 25.4 Å². The molecule has 0 radical (unpaired) electrons. The molecule has 9 heteroatoms. The number of nitrogens with zero attached hydrogens (tertiary/aromatic N) is 4. The Morgan fingerprint density at radius 1 is 1.20 bits per heavy atom. The quantitative estimate of drug-likeness (QED) is 0.665. The predicted octanol–water partition coefficient (Wildman–Crippen LogP) is -0.00880. The molecule has 4 N–H and O–H groups in total. The minimum Gasteiger partial charge on any atom is -0.480 e. The second-order valence-electron chi connectivity index (χ2n) is 3.77. The first kappa shape index (κ1) is 17.8. The van der Waals surface area contributed by atoms with Crippen molar-refractivity contribution in [3.63, 3.8) is 0 Å². The number of aromatic carboxylic acids is 1. The number of anilines is 1. The number of carbonyl (C=O) groups is 2. The number of carboxylic acid groups (broad SMARTS) is 2. The fourth-order valence-electron chi connectivity index (χ4n) is 1.43. The monoisotopic (exact) mass is 287 g/mol. The van der Waals surface area contributed by atoms with Gasteiger partial charge in [-0.1, -0.05) is 20.8 Å². The average molecular weight is 287 g/mol. The Labute approximate surface area is 117 Å². The molecule has 0 amide bonds. The van der Waals surface area contributed by atoms with Crippen LogP contribution in [0.4, 0.5) is 5.95 Å². The Bertz CT molecular complexity index is 437. The van der Waals surface area contributed by atoms with Gasteiger partial charge in [0.05, 0.1) is 0 Å². The van der Waals surface area contributed by atoms with Crippen molar-refractivity contribution in [1.29, 1.82) is 0 Å². The molecule has 9 nitrogen and oxygen atoms in total. The Morgan fingerprint density at radius 3 is 2.00 bits per heavy atom. The molecule has 0 aliphatic heterocycles. The van der Waals surface area contributed by atoms with E-state index in [0.29, 0.717) is 4.68 Å². The van der Waals surface area contributed by atoms with Gasteiger partial charge in [0.25, 0.3) is 0 Å². The van der Waals surface area contributed by atoms with Crippen LogP contribution in [0.3, 0.4) is 0 Å². The summed E-state index contributed by atoms with van der Waals surface area (Å²) in [7, 11) is 0. The highest BCUT2D eigenvalue weighted by Crippen LogP contribution is 1.99. The molecule has 0 aliphatic rings. The number of aromatic nitrogens is 3. The van der Waals surface area contributed by atoms with Crippen LogP contribution in [-0.4, -0.2) is 61.5 Å². The molecule has 114 valence electrons. The van der Waals surface area contributed by atoms with E-state index in [1.165, 1.54) is 19.6 Å². The van der Waals surface area contributed by atoms with Gasteiger partial charge in [-0.05, 0) is 19.6 Å². The number of nitrogen functional groups attached to an aromatic ring is 1. The summed E-state index contributed by atoms with van der Waals surface area (Å²) >= 11 is 0. The molecule has 0 bridgehead atoms. The lowest BCUT2D eigenvalue weighted by Gasteiger charge is -2.13. The Hall–Kier alpha value is -2.16. The first-order valence-corrected chi connectivity index (χ1v) is 6.23. The molecule has 0 unspecified atom stereocenters. The summed E-state index contributed by atoms with van der Waals surface area (Å²) in [5.74, 6) is -3.34. The van der Waals surface area contributed by atoms with Crippen LogP contribution >= 0.6 is 0 Å². The number of carboxylic acids is 2. The zero-order chi connectivity index (χ0) is 15.7. The summed E-state index contributed by atoms with van der Waals surface area (Å²) in [5, 5.41) is 20.3. The zero-order valence-electron chi connectivity index (χ0n) is 11.9. The van der Waals surface area contributed by atoms with Crippen molar-refractivity contribution >= 4 is 17.9 Å². The van der Waals surface area contributed by atoms with Crippen molar-refractivity contribution in [3.8, 4) is 0 Å². The fourth-order valence-corrected chi connectivity index (χ4v) is 1.43. The minimum atomic E-state index is -1.37. The van der Waals surface area contributed by atoms with E-state index >= 15 is 0 Å². The van der Waals surface area contributed by atoms with Crippen molar-refractivity contribution in [2.24, 2.45) is 0 Å². The van der Waals surface area contributed by atoms with Gasteiger partial charge in [-0.25, -0.2) is 9.48 Å². The summed E-state index contributed by atoms with van der Waals surface area (Å²) in [6.45, 7) is 9.55. The summed E-state index contributed by atoms with van der Waals surface area (Å²) in [4.78, 5) is 26.4. The van der Waals surface area contributed by atoms with Crippen LogP contribution in [0.25, 0.3) is 0 Å². The van der Waals surface area contributed by atoms with Crippen LogP contribution in [0, 0.1) is 0 Å². The highest BCUT2D eigenvalue weighted by atomic mass is 16.4. The molecule has 0 saturated carbocycles. The molecule has 0 atom stereocenters. The van der Waals surface area contributed by atoms with Gasteiger partial charge >= 0.3 is 11.9 Å². The lowest BCUT2D eigenvalue weighted by molar-refractivity contribution is -0.137. The Morgan fingerprint density at radius 2 is 1.70 bits per heavy atom. The normalized spacial score (nSPS) is 10.0. The van der Waals surface area contributed by atoms with Crippen LogP contribution in [0.1, 0.15) is 31.4 Å². The lowest BCUT2D eigenvalue weighted by Crippen LogP contribution is -2.21. The van der Waals surface area contributed by atoms with Crippen LogP contribution in [0.5, 0.6) is 0 Å². The summed E-state index contributed by atoms with van der Waals surface area (Å²) in [6, 6.07) is 0. The van der Waals surface area contributed by atoms with Gasteiger partial charge in [-0.2, -0.15) is 4.98 Å². The average Bonchev–Trinajstić information content (AvgIpc) is 2.72. The largest absolute Gasteiger partial charge is 0.480 e. The molecule has 1 heterocycles. The number of nitrogens with two attached hydrogens (primary N) is 1. The summed E-state index contributed by atoms with van der Waals surface area (Å²) in [5.41, 5.74) is 5.09. The van der Waals surface area contributed by atoms with E-state index in [2.05, 4.69) is 35.8 Å². The third-order valence-corrected chi connectivity index (χ3v) is 2.51. The van der Waals surface area contributed by atoms with E-state index in [1.807, 2.05) is 0 Å². The maximum absolute atomic E-state index is 10.4. The molecule has 0 fully saturated rings. The molecule has 0 spiro atoms. The SMILES string of the molecule is CCN(CC)CC.Nc1nc(C(=O)O)n(CC(=O)O)n1. The number of hydrogen-bond acceptors (Lipinski definition) is 6. The van der Waals surface area contributed by atoms with Gasteiger partial charge < -0.3 is 20.8 Å².